The number of hydrogen-bond donors (Lipinski definition) is 0. The first-order chi connectivity index (χ1) is 8.21. The Hall–Kier alpha value is -0.830. The second-order valence-electron chi connectivity index (χ2n) is 6.00. The van der Waals surface area contributed by atoms with E-state index in [0.717, 1.165) is 6.54 Å². The van der Waals surface area contributed by atoms with E-state index >= 15 is 0 Å². The smallest absolute Gasteiger partial charge is 0.123 e. The van der Waals surface area contributed by atoms with Gasteiger partial charge in [-0.3, -0.25) is 4.90 Å². The molecule has 0 bridgehead atoms. The van der Waals surface area contributed by atoms with Crippen molar-refractivity contribution < 1.29 is 0 Å². The van der Waals surface area contributed by atoms with Crippen LogP contribution >= 0.6 is 0 Å². The van der Waals surface area contributed by atoms with Crippen molar-refractivity contribution in [2.45, 2.75) is 64.1 Å². The van der Waals surface area contributed by atoms with E-state index in [1.54, 1.807) is 0 Å². The van der Waals surface area contributed by atoms with Crippen molar-refractivity contribution in [3.8, 4) is 0 Å². The molecule has 0 N–H and O–H groups in total. The lowest BCUT2D eigenvalue weighted by molar-refractivity contribution is 0.0514. The van der Waals surface area contributed by atoms with Crippen LogP contribution in [0.25, 0.3) is 0 Å². The van der Waals surface area contributed by atoms with E-state index in [2.05, 4.69) is 34.5 Å². The van der Waals surface area contributed by atoms with Gasteiger partial charge in [0, 0.05) is 25.0 Å². The maximum absolute atomic E-state index is 4.56. The highest BCUT2D eigenvalue weighted by molar-refractivity contribution is 5.07. The Bertz CT molecular complexity index is 388. The summed E-state index contributed by atoms with van der Waals surface area (Å²) in [4.78, 5) is 7.15. The minimum Gasteiger partial charge on any atom is -0.326 e. The molecule has 2 heterocycles. The van der Waals surface area contributed by atoms with E-state index in [1.165, 1.54) is 44.5 Å². The Kier molecular flexibility index (Phi) is 2.74. The Morgan fingerprint density at radius 2 is 2.00 bits per heavy atom. The number of hydrogen-bond acceptors (Lipinski definition) is 2. The topological polar surface area (TPSA) is 21.1 Å². The van der Waals surface area contributed by atoms with Gasteiger partial charge in [-0.15, -0.1) is 0 Å². The highest BCUT2D eigenvalue weighted by atomic mass is 15.3. The summed E-state index contributed by atoms with van der Waals surface area (Å²) in [6, 6.07) is 0.624. The summed E-state index contributed by atoms with van der Waals surface area (Å²) in [5.74, 6) is 1.27. The molecule has 0 unspecified atom stereocenters. The highest BCUT2D eigenvalue weighted by Gasteiger charge is 2.40. The SMILES string of the molecule is CC(C)N1Cc2nccn2C2(CCCCC2)C1. The van der Waals surface area contributed by atoms with Crippen molar-refractivity contribution in [2.75, 3.05) is 6.54 Å². The third kappa shape index (κ3) is 1.81. The van der Waals surface area contributed by atoms with Gasteiger partial charge in [0.15, 0.2) is 0 Å². The largest absolute Gasteiger partial charge is 0.326 e. The van der Waals surface area contributed by atoms with Crippen LogP contribution in [0.5, 0.6) is 0 Å². The molecule has 17 heavy (non-hydrogen) atoms. The van der Waals surface area contributed by atoms with E-state index in [9.17, 15) is 0 Å². The van der Waals surface area contributed by atoms with Gasteiger partial charge in [-0.2, -0.15) is 0 Å². The Balaban J connectivity index is 1.97. The standard InChI is InChI=1S/C14H23N3/c1-12(2)16-10-13-15-8-9-17(13)14(11-16)6-4-3-5-7-14/h8-9,12H,3-7,10-11H2,1-2H3. The van der Waals surface area contributed by atoms with Gasteiger partial charge in [-0.1, -0.05) is 19.3 Å². The Labute approximate surface area is 104 Å². The molecule has 1 aliphatic heterocycles. The van der Waals surface area contributed by atoms with Crippen LogP contribution < -0.4 is 0 Å². The normalized spacial score (nSPS) is 24.2. The lowest BCUT2D eigenvalue weighted by atomic mass is 9.79. The second-order valence-corrected chi connectivity index (χ2v) is 6.00. The van der Waals surface area contributed by atoms with Crippen LogP contribution in [-0.4, -0.2) is 27.0 Å². The number of rotatable bonds is 1. The predicted molar refractivity (Wildman–Crippen MR) is 68.8 cm³/mol. The van der Waals surface area contributed by atoms with Gasteiger partial charge in [0.05, 0.1) is 12.1 Å². The average Bonchev–Trinajstić information content (AvgIpc) is 2.79. The maximum atomic E-state index is 4.56. The lowest BCUT2D eigenvalue weighted by Crippen LogP contribution is -2.53. The van der Waals surface area contributed by atoms with Crippen molar-refractivity contribution in [1.82, 2.24) is 14.5 Å². The number of imidazole rings is 1. The van der Waals surface area contributed by atoms with Crippen LogP contribution in [0.4, 0.5) is 0 Å². The van der Waals surface area contributed by atoms with Crippen LogP contribution in [-0.2, 0) is 12.1 Å². The van der Waals surface area contributed by atoms with E-state index in [0.29, 0.717) is 11.6 Å². The molecule has 3 nitrogen and oxygen atoms in total. The summed E-state index contributed by atoms with van der Waals surface area (Å²) in [6.07, 6.45) is 11.0. The van der Waals surface area contributed by atoms with Gasteiger partial charge in [0.1, 0.15) is 5.82 Å². The summed E-state index contributed by atoms with van der Waals surface area (Å²) >= 11 is 0. The maximum Gasteiger partial charge on any atom is 0.123 e. The van der Waals surface area contributed by atoms with Crippen LogP contribution in [0.3, 0.4) is 0 Å². The number of aromatic nitrogens is 2. The van der Waals surface area contributed by atoms with Crippen molar-refractivity contribution in [1.29, 1.82) is 0 Å². The van der Waals surface area contributed by atoms with Crippen molar-refractivity contribution >= 4 is 0 Å². The van der Waals surface area contributed by atoms with Gasteiger partial charge in [0.2, 0.25) is 0 Å². The molecule has 2 aliphatic rings. The third-order valence-electron chi connectivity index (χ3n) is 4.58. The average molecular weight is 233 g/mol. The first-order valence-electron chi connectivity index (χ1n) is 6.98. The summed E-state index contributed by atoms with van der Waals surface area (Å²) in [5, 5.41) is 0. The van der Waals surface area contributed by atoms with E-state index < -0.39 is 0 Å². The lowest BCUT2D eigenvalue weighted by Gasteiger charge is -2.47. The minimum atomic E-state index is 0.354. The molecule has 1 aliphatic carbocycles. The first-order valence-corrected chi connectivity index (χ1v) is 6.98. The van der Waals surface area contributed by atoms with Crippen LogP contribution in [0.1, 0.15) is 51.8 Å². The van der Waals surface area contributed by atoms with Gasteiger partial charge in [-0.25, -0.2) is 4.98 Å². The molecule has 0 atom stereocenters. The molecule has 0 aromatic carbocycles. The molecule has 1 aromatic rings. The first kappa shape index (κ1) is 11.3. The molecule has 1 fully saturated rings. The zero-order chi connectivity index (χ0) is 11.9. The molecule has 0 saturated heterocycles. The fraction of sp³-hybridized carbons (Fsp3) is 0.786. The van der Waals surface area contributed by atoms with E-state index in [-0.39, 0.29) is 0 Å². The van der Waals surface area contributed by atoms with E-state index in [1.807, 2.05) is 6.20 Å². The van der Waals surface area contributed by atoms with E-state index in [4.69, 9.17) is 0 Å². The molecular formula is C14H23N3. The van der Waals surface area contributed by atoms with Crippen LogP contribution in [0.15, 0.2) is 12.4 Å². The van der Waals surface area contributed by atoms with Crippen molar-refractivity contribution in [3.63, 3.8) is 0 Å². The molecule has 3 rings (SSSR count). The monoisotopic (exact) mass is 233 g/mol. The van der Waals surface area contributed by atoms with Crippen molar-refractivity contribution in [3.05, 3.63) is 18.2 Å². The Morgan fingerprint density at radius 3 is 2.71 bits per heavy atom. The van der Waals surface area contributed by atoms with Gasteiger partial charge >= 0.3 is 0 Å². The molecule has 1 spiro atoms. The molecule has 0 amide bonds. The van der Waals surface area contributed by atoms with Crippen molar-refractivity contribution in [2.24, 2.45) is 0 Å². The fourth-order valence-corrected chi connectivity index (χ4v) is 3.55. The summed E-state index contributed by atoms with van der Waals surface area (Å²) < 4.78 is 2.49. The second kappa shape index (κ2) is 4.13. The summed E-state index contributed by atoms with van der Waals surface area (Å²) in [7, 11) is 0. The van der Waals surface area contributed by atoms with Crippen LogP contribution in [0, 0.1) is 0 Å². The molecule has 3 heteroatoms. The Morgan fingerprint density at radius 1 is 1.24 bits per heavy atom. The fourth-order valence-electron chi connectivity index (χ4n) is 3.55. The van der Waals surface area contributed by atoms with Gasteiger partial charge in [0.25, 0.3) is 0 Å². The minimum absolute atomic E-state index is 0.354. The summed E-state index contributed by atoms with van der Waals surface area (Å²) in [5.41, 5.74) is 0.354. The third-order valence-corrected chi connectivity index (χ3v) is 4.58. The van der Waals surface area contributed by atoms with Crippen LogP contribution in [0.2, 0.25) is 0 Å². The molecule has 1 saturated carbocycles. The molecule has 94 valence electrons. The number of fused-ring (bicyclic) bond motifs is 2. The summed E-state index contributed by atoms with van der Waals surface area (Å²) in [6.45, 7) is 6.84. The quantitative estimate of drug-likeness (QED) is 0.743. The van der Waals surface area contributed by atoms with Gasteiger partial charge in [-0.05, 0) is 26.7 Å². The highest BCUT2D eigenvalue weighted by Crippen LogP contribution is 2.39. The predicted octanol–water partition coefficient (Wildman–Crippen LogP) is 2.77. The molecule has 0 radical (unpaired) electrons. The molecule has 1 aromatic heterocycles. The van der Waals surface area contributed by atoms with Gasteiger partial charge < -0.3 is 4.57 Å². The molecular weight excluding hydrogens is 210 g/mol. The zero-order valence-electron chi connectivity index (χ0n) is 11.0. The number of nitrogens with zero attached hydrogens (tertiary/aromatic N) is 3. The zero-order valence-corrected chi connectivity index (χ0v) is 11.0.